The van der Waals surface area contributed by atoms with Gasteiger partial charge in [-0.05, 0) is 31.3 Å². The monoisotopic (exact) mass is 280 g/mol. The van der Waals surface area contributed by atoms with Gasteiger partial charge in [0.15, 0.2) is 0 Å². The van der Waals surface area contributed by atoms with Crippen LogP contribution in [0.1, 0.15) is 32.6 Å². The number of esters is 1. The zero-order valence-corrected chi connectivity index (χ0v) is 11.5. The van der Waals surface area contributed by atoms with Gasteiger partial charge in [-0.2, -0.15) is 0 Å². The van der Waals surface area contributed by atoms with Crippen LogP contribution < -0.4 is 0 Å². The van der Waals surface area contributed by atoms with Crippen LogP contribution in [-0.2, 0) is 14.4 Å². The summed E-state index contributed by atoms with van der Waals surface area (Å²) in [5.74, 6) is -0.600. The number of aliphatic hydroxyl groups excluding tert-OH is 1. The molecular weight excluding hydrogens is 260 g/mol. The first-order valence-corrected chi connectivity index (χ1v) is 7.03. The van der Waals surface area contributed by atoms with Crippen molar-refractivity contribution in [1.29, 1.82) is 0 Å². The summed E-state index contributed by atoms with van der Waals surface area (Å²) in [4.78, 5) is 16.3. The molecule has 2 fully saturated rings. The molecule has 1 saturated heterocycles. The van der Waals surface area contributed by atoms with Crippen molar-refractivity contribution in [2.24, 2.45) is 11.3 Å². The highest BCUT2D eigenvalue weighted by atomic mass is 17.1. The molecule has 2 aliphatic carbocycles. The molecule has 5 nitrogen and oxygen atoms in total. The van der Waals surface area contributed by atoms with E-state index >= 15 is 0 Å². The Morgan fingerprint density at radius 2 is 2.30 bits per heavy atom. The van der Waals surface area contributed by atoms with Gasteiger partial charge in [-0.15, -0.1) is 0 Å². The summed E-state index contributed by atoms with van der Waals surface area (Å²) in [5, 5.41) is 19.7. The number of hydrogen-bond donors (Lipinski definition) is 2. The van der Waals surface area contributed by atoms with Gasteiger partial charge in [0.2, 0.25) is 0 Å². The fourth-order valence-corrected chi connectivity index (χ4v) is 3.76. The van der Waals surface area contributed by atoms with Gasteiger partial charge in [0.1, 0.15) is 12.2 Å². The molecule has 3 rings (SSSR count). The summed E-state index contributed by atoms with van der Waals surface area (Å²) in [7, 11) is 0. The number of aliphatic hydroxyl groups is 1. The fourth-order valence-electron chi connectivity index (χ4n) is 3.76. The molecule has 2 N–H and O–H groups in total. The predicted octanol–water partition coefficient (Wildman–Crippen LogP) is 1.82. The Hall–Kier alpha value is -1.17. The first-order chi connectivity index (χ1) is 9.46. The highest BCUT2D eigenvalue weighted by molar-refractivity contribution is 5.91. The maximum atomic E-state index is 11.7. The molecule has 3 aliphatic rings. The molecule has 5 atom stereocenters. The quantitative estimate of drug-likeness (QED) is 0.252. The van der Waals surface area contributed by atoms with E-state index in [0.29, 0.717) is 31.3 Å². The second-order valence-corrected chi connectivity index (χ2v) is 6.42. The zero-order chi connectivity index (χ0) is 14.5. The highest BCUT2D eigenvalue weighted by Crippen LogP contribution is 2.49. The van der Waals surface area contributed by atoms with Gasteiger partial charge in [-0.25, -0.2) is 9.68 Å². The second-order valence-electron chi connectivity index (χ2n) is 6.42. The van der Waals surface area contributed by atoms with Crippen LogP contribution in [0.3, 0.4) is 0 Å². The van der Waals surface area contributed by atoms with E-state index < -0.39 is 18.2 Å². The van der Waals surface area contributed by atoms with Gasteiger partial charge in [0.05, 0.1) is 6.10 Å². The summed E-state index contributed by atoms with van der Waals surface area (Å²) < 4.78 is 5.34. The molecule has 2 bridgehead atoms. The molecule has 110 valence electrons. The molecule has 1 aliphatic heterocycles. The largest absolute Gasteiger partial charge is 0.456 e. The van der Waals surface area contributed by atoms with E-state index in [1.165, 1.54) is 0 Å². The minimum atomic E-state index is -0.723. The van der Waals surface area contributed by atoms with Crippen molar-refractivity contribution in [3.05, 3.63) is 23.8 Å². The van der Waals surface area contributed by atoms with Crippen molar-refractivity contribution in [2.45, 2.75) is 50.9 Å². The molecule has 0 radical (unpaired) electrons. The summed E-state index contributed by atoms with van der Waals surface area (Å²) >= 11 is 0. The minimum Gasteiger partial charge on any atom is -0.456 e. The van der Waals surface area contributed by atoms with E-state index in [-0.39, 0.29) is 17.4 Å². The molecule has 0 unspecified atom stereocenters. The van der Waals surface area contributed by atoms with Crippen molar-refractivity contribution < 1.29 is 24.8 Å². The molecule has 0 aromatic carbocycles. The van der Waals surface area contributed by atoms with Crippen molar-refractivity contribution in [3.63, 3.8) is 0 Å². The Morgan fingerprint density at radius 3 is 3.00 bits per heavy atom. The van der Waals surface area contributed by atoms with E-state index in [1.807, 2.05) is 13.0 Å². The predicted molar refractivity (Wildman–Crippen MR) is 70.7 cm³/mol. The average molecular weight is 280 g/mol. The number of fused-ring (bicyclic) bond motifs is 3. The van der Waals surface area contributed by atoms with Gasteiger partial charge in [0.25, 0.3) is 0 Å². The molecule has 0 amide bonds. The zero-order valence-electron chi connectivity index (χ0n) is 11.5. The van der Waals surface area contributed by atoms with Crippen molar-refractivity contribution in [1.82, 2.24) is 0 Å². The van der Waals surface area contributed by atoms with E-state index in [0.717, 1.165) is 5.57 Å². The summed E-state index contributed by atoms with van der Waals surface area (Å²) in [6, 6.07) is 0. The van der Waals surface area contributed by atoms with Gasteiger partial charge in [-0.3, -0.25) is 5.26 Å². The maximum Gasteiger partial charge on any atom is 0.334 e. The normalized spacial score (nSPS) is 46.9. The van der Waals surface area contributed by atoms with Gasteiger partial charge < -0.3 is 9.84 Å². The molecule has 1 heterocycles. The Morgan fingerprint density at radius 1 is 1.55 bits per heavy atom. The standard InChI is InChI=1S/C15H20O5/c1-8-10-4-3-9-7-15(2,6-5-11(9)20-18)13(16)12(10)19-14(8)17/h3,10-13,16,18H,1,4-7H2,2H3/b9-3+/t10-,11+,12+,13+,15-/m1/s1. The van der Waals surface area contributed by atoms with E-state index in [2.05, 4.69) is 11.5 Å². The molecule has 0 aromatic rings. The summed E-state index contributed by atoms with van der Waals surface area (Å²) in [5.41, 5.74) is 1.05. The molecule has 1 saturated carbocycles. The lowest BCUT2D eigenvalue weighted by Gasteiger charge is -2.45. The van der Waals surface area contributed by atoms with Crippen LogP contribution in [0.4, 0.5) is 0 Å². The van der Waals surface area contributed by atoms with Crippen LogP contribution >= 0.6 is 0 Å². The van der Waals surface area contributed by atoms with Crippen LogP contribution in [0.2, 0.25) is 0 Å². The maximum absolute atomic E-state index is 11.7. The van der Waals surface area contributed by atoms with Crippen molar-refractivity contribution in [3.8, 4) is 0 Å². The molecule has 0 spiro atoms. The average Bonchev–Trinajstić information content (AvgIpc) is 2.71. The molecular formula is C15H20O5. The number of ether oxygens (including phenoxy) is 1. The second kappa shape index (κ2) is 4.69. The lowest BCUT2D eigenvalue weighted by atomic mass is 9.64. The third-order valence-corrected chi connectivity index (χ3v) is 5.14. The third-order valence-electron chi connectivity index (χ3n) is 5.14. The number of rotatable bonds is 1. The van der Waals surface area contributed by atoms with Gasteiger partial charge in [-0.1, -0.05) is 19.6 Å². The van der Waals surface area contributed by atoms with Crippen LogP contribution in [0.5, 0.6) is 0 Å². The SMILES string of the molecule is C=C1C(=O)O[C@H]2[C@@H]1C/C=C1\C[C@@](C)(CC[C@@H]1OO)[C@H]2O. The lowest BCUT2D eigenvalue weighted by molar-refractivity contribution is -0.276. The number of allylic oxidation sites excluding steroid dienone is 1. The summed E-state index contributed by atoms with van der Waals surface area (Å²) in [6.07, 6.45) is 3.06. The fraction of sp³-hybridized carbons (Fsp3) is 0.667. The lowest BCUT2D eigenvalue weighted by Crippen LogP contribution is -2.48. The van der Waals surface area contributed by atoms with Crippen molar-refractivity contribution in [2.75, 3.05) is 0 Å². The molecule has 5 heteroatoms. The number of carbonyl (C=O) groups is 1. The Bertz CT molecular complexity index is 483. The number of carbonyl (C=O) groups excluding carboxylic acids is 1. The van der Waals surface area contributed by atoms with Gasteiger partial charge >= 0.3 is 5.97 Å². The van der Waals surface area contributed by atoms with E-state index in [1.54, 1.807) is 0 Å². The van der Waals surface area contributed by atoms with E-state index in [9.17, 15) is 9.90 Å². The van der Waals surface area contributed by atoms with Crippen molar-refractivity contribution >= 4 is 5.97 Å². The minimum absolute atomic E-state index is 0.190. The van der Waals surface area contributed by atoms with Gasteiger partial charge in [0, 0.05) is 16.9 Å². The molecule has 20 heavy (non-hydrogen) atoms. The summed E-state index contributed by atoms with van der Waals surface area (Å²) in [6.45, 7) is 5.78. The third kappa shape index (κ3) is 1.92. The van der Waals surface area contributed by atoms with Crippen LogP contribution in [0, 0.1) is 11.3 Å². The highest BCUT2D eigenvalue weighted by Gasteiger charge is 2.51. The molecule has 0 aromatic heterocycles. The number of hydrogen-bond acceptors (Lipinski definition) is 5. The van der Waals surface area contributed by atoms with Crippen LogP contribution in [-0.4, -0.2) is 34.6 Å². The van der Waals surface area contributed by atoms with Crippen LogP contribution in [0.25, 0.3) is 0 Å². The van der Waals surface area contributed by atoms with Crippen LogP contribution in [0.15, 0.2) is 23.8 Å². The Balaban J connectivity index is 1.99. The topological polar surface area (TPSA) is 76.0 Å². The first-order valence-electron chi connectivity index (χ1n) is 7.03. The Kier molecular flexibility index (Phi) is 3.23. The smallest absolute Gasteiger partial charge is 0.334 e. The Labute approximate surface area is 117 Å². The van der Waals surface area contributed by atoms with E-state index in [4.69, 9.17) is 9.99 Å². The first kappa shape index (κ1) is 13.8.